The van der Waals surface area contributed by atoms with Gasteiger partial charge >= 0.3 is 0 Å². The molecule has 2 heterocycles. The van der Waals surface area contributed by atoms with Gasteiger partial charge in [0.1, 0.15) is 0 Å². The van der Waals surface area contributed by atoms with Gasteiger partial charge in [-0.05, 0) is 22.8 Å². The monoisotopic (exact) mass is 306 g/mol. The van der Waals surface area contributed by atoms with E-state index in [4.69, 9.17) is 0 Å². The Labute approximate surface area is 131 Å². The molecule has 4 rings (SSSR count). The lowest BCUT2D eigenvalue weighted by atomic mass is 10.1. The fraction of sp³-hybridized carbons (Fsp3) is 0.111. The quantitative estimate of drug-likeness (QED) is 0.676. The zero-order valence-electron chi connectivity index (χ0n) is 11.9. The van der Waals surface area contributed by atoms with Gasteiger partial charge in [-0.1, -0.05) is 65.9 Å². The van der Waals surface area contributed by atoms with E-state index >= 15 is 0 Å². The van der Waals surface area contributed by atoms with Crippen LogP contribution in [-0.2, 0) is 13.1 Å². The van der Waals surface area contributed by atoms with Gasteiger partial charge in [-0.15, -0.1) is 0 Å². The van der Waals surface area contributed by atoms with Crippen LogP contribution in [0.3, 0.4) is 0 Å². The number of fused-ring (bicyclic) bond motifs is 2. The van der Waals surface area contributed by atoms with Gasteiger partial charge in [0.15, 0.2) is 4.80 Å². The van der Waals surface area contributed by atoms with Crippen molar-refractivity contribution in [3.05, 3.63) is 91.0 Å². The van der Waals surface area contributed by atoms with E-state index in [1.54, 1.807) is 4.57 Å². The second-order valence-corrected chi connectivity index (χ2v) is 6.29. The predicted molar refractivity (Wildman–Crippen MR) is 88.6 cm³/mol. The van der Waals surface area contributed by atoms with Crippen LogP contribution in [0.1, 0.15) is 16.7 Å². The molecule has 0 fully saturated rings. The van der Waals surface area contributed by atoms with E-state index in [1.165, 1.54) is 22.5 Å². The first kappa shape index (κ1) is 13.2. The minimum atomic E-state index is 0.0457. The van der Waals surface area contributed by atoms with Crippen LogP contribution in [0.25, 0.3) is 6.08 Å². The van der Waals surface area contributed by atoms with Crippen molar-refractivity contribution in [2.24, 2.45) is 4.99 Å². The molecule has 1 aliphatic heterocycles. The molecule has 3 nitrogen and oxygen atoms in total. The Morgan fingerprint density at radius 3 is 2.55 bits per heavy atom. The molecule has 2 aromatic carbocycles. The molecule has 0 bridgehead atoms. The number of aromatic nitrogens is 1. The highest BCUT2D eigenvalue weighted by atomic mass is 32.1. The number of nitrogens with zero attached hydrogens (tertiary/aromatic N) is 2. The summed E-state index contributed by atoms with van der Waals surface area (Å²) in [4.78, 5) is 18.1. The summed E-state index contributed by atoms with van der Waals surface area (Å²) in [6, 6.07) is 18.1. The molecule has 0 aliphatic carbocycles. The zero-order valence-corrected chi connectivity index (χ0v) is 12.7. The van der Waals surface area contributed by atoms with Gasteiger partial charge < -0.3 is 0 Å². The molecule has 0 atom stereocenters. The second kappa shape index (κ2) is 5.39. The highest BCUT2D eigenvalue weighted by molar-refractivity contribution is 7.07. The standard InChI is InChI=1S/C18H14N2OS/c21-17-16(10-13-6-2-1-3-7-13)22-18-19-11-14-8-4-5-9-15(14)12-20(17)18/h1-10H,11-12H2/b16-10-. The van der Waals surface area contributed by atoms with Crippen molar-refractivity contribution >= 4 is 17.4 Å². The fourth-order valence-electron chi connectivity index (χ4n) is 2.66. The van der Waals surface area contributed by atoms with E-state index in [0.717, 1.165) is 14.9 Å². The highest BCUT2D eigenvalue weighted by Crippen LogP contribution is 2.12. The zero-order chi connectivity index (χ0) is 14.9. The first-order valence-electron chi connectivity index (χ1n) is 7.19. The molecule has 1 aromatic heterocycles. The number of benzene rings is 2. The van der Waals surface area contributed by atoms with Crippen LogP contribution in [0.2, 0.25) is 0 Å². The lowest BCUT2D eigenvalue weighted by molar-refractivity contribution is 0.744. The Morgan fingerprint density at radius 1 is 1.00 bits per heavy atom. The Bertz CT molecular complexity index is 1000. The Balaban J connectivity index is 1.88. The topological polar surface area (TPSA) is 34.4 Å². The average Bonchev–Trinajstić information content (AvgIpc) is 2.73. The van der Waals surface area contributed by atoms with Gasteiger partial charge in [0.25, 0.3) is 5.56 Å². The van der Waals surface area contributed by atoms with Crippen molar-refractivity contribution in [1.29, 1.82) is 0 Å². The Morgan fingerprint density at radius 2 is 1.73 bits per heavy atom. The summed E-state index contributed by atoms with van der Waals surface area (Å²) in [6.45, 7) is 1.24. The van der Waals surface area contributed by atoms with Crippen molar-refractivity contribution < 1.29 is 0 Å². The van der Waals surface area contributed by atoms with E-state index in [-0.39, 0.29) is 5.56 Å². The van der Waals surface area contributed by atoms with E-state index in [1.807, 2.05) is 48.5 Å². The van der Waals surface area contributed by atoms with Crippen molar-refractivity contribution in [3.8, 4) is 0 Å². The summed E-state index contributed by atoms with van der Waals surface area (Å²) < 4.78 is 2.52. The van der Waals surface area contributed by atoms with Crippen molar-refractivity contribution in [1.82, 2.24) is 4.57 Å². The third kappa shape index (κ3) is 2.31. The summed E-state index contributed by atoms with van der Waals surface area (Å²) in [6.07, 6.45) is 1.94. The maximum Gasteiger partial charge on any atom is 0.270 e. The lowest BCUT2D eigenvalue weighted by Gasteiger charge is -2.03. The van der Waals surface area contributed by atoms with Crippen LogP contribution in [0.5, 0.6) is 0 Å². The summed E-state index contributed by atoms with van der Waals surface area (Å²) in [5, 5.41) is 0. The van der Waals surface area contributed by atoms with Gasteiger partial charge in [-0.3, -0.25) is 14.4 Å². The maximum atomic E-state index is 12.7. The minimum Gasteiger partial charge on any atom is -0.279 e. The molecule has 4 heteroatoms. The molecule has 108 valence electrons. The van der Waals surface area contributed by atoms with Gasteiger partial charge in [-0.2, -0.15) is 0 Å². The third-order valence-corrected chi connectivity index (χ3v) is 4.86. The van der Waals surface area contributed by atoms with Crippen LogP contribution < -0.4 is 14.9 Å². The Kier molecular flexibility index (Phi) is 3.24. The van der Waals surface area contributed by atoms with E-state index < -0.39 is 0 Å². The van der Waals surface area contributed by atoms with Crippen molar-refractivity contribution in [2.45, 2.75) is 13.1 Å². The summed E-state index contributed by atoms with van der Waals surface area (Å²) >= 11 is 1.47. The molecule has 3 aromatic rings. The molecule has 0 unspecified atom stereocenters. The lowest BCUT2D eigenvalue weighted by Crippen LogP contribution is -2.31. The first-order chi connectivity index (χ1) is 10.8. The summed E-state index contributed by atoms with van der Waals surface area (Å²) in [5.41, 5.74) is 3.46. The van der Waals surface area contributed by atoms with E-state index in [9.17, 15) is 4.79 Å². The number of thiazole rings is 1. The number of hydrogen-bond donors (Lipinski definition) is 0. The maximum absolute atomic E-state index is 12.7. The third-order valence-electron chi connectivity index (χ3n) is 3.82. The number of rotatable bonds is 1. The van der Waals surface area contributed by atoms with Crippen molar-refractivity contribution in [2.75, 3.05) is 0 Å². The normalized spacial score (nSPS) is 13.9. The largest absolute Gasteiger partial charge is 0.279 e. The van der Waals surface area contributed by atoms with Gasteiger partial charge in [0.2, 0.25) is 0 Å². The van der Waals surface area contributed by atoms with E-state index in [0.29, 0.717) is 13.1 Å². The highest BCUT2D eigenvalue weighted by Gasteiger charge is 2.12. The van der Waals surface area contributed by atoms with Crippen LogP contribution in [-0.4, -0.2) is 4.57 Å². The Hall–Kier alpha value is -2.46. The SMILES string of the molecule is O=c1/c(=C/c2ccccc2)sc2n1Cc1ccccc1CN=2. The van der Waals surface area contributed by atoms with E-state index in [2.05, 4.69) is 17.1 Å². The molecule has 0 saturated carbocycles. The molecule has 0 amide bonds. The van der Waals surface area contributed by atoms with Gasteiger partial charge in [-0.25, -0.2) is 0 Å². The van der Waals surface area contributed by atoms with Gasteiger partial charge in [0, 0.05) is 0 Å². The molecular weight excluding hydrogens is 292 g/mol. The van der Waals surface area contributed by atoms with Crippen LogP contribution in [0, 0.1) is 0 Å². The predicted octanol–water partition coefficient (Wildman–Crippen LogP) is 1.92. The molecule has 0 N–H and O–H groups in total. The fourth-order valence-corrected chi connectivity index (χ4v) is 3.63. The second-order valence-electron chi connectivity index (χ2n) is 5.28. The average molecular weight is 306 g/mol. The van der Waals surface area contributed by atoms with Crippen molar-refractivity contribution in [3.63, 3.8) is 0 Å². The molecular formula is C18H14N2OS. The summed E-state index contributed by atoms with van der Waals surface area (Å²) in [5.74, 6) is 0. The molecule has 0 spiro atoms. The minimum absolute atomic E-state index is 0.0457. The molecule has 1 aliphatic rings. The first-order valence-corrected chi connectivity index (χ1v) is 8.00. The molecule has 0 radical (unpaired) electrons. The molecule has 22 heavy (non-hydrogen) atoms. The number of hydrogen-bond acceptors (Lipinski definition) is 3. The van der Waals surface area contributed by atoms with Crippen LogP contribution in [0.15, 0.2) is 64.4 Å². The molecule has 0 saturated heterocycles. The van der Waals surface area contributed by atoms with Gasteiger partial charge in [0.05, 0.1) is 17.6 Å². The summed E-state index contributed by atoms with van der Waals surface area (Å²) in [7, 11) is 0. The van der Waals surface area contributed by atoms with Crippen LogP contribution >= 0.6 is 11.3 Å². The van der Waals surface area contributed by atoms with Crippen LogP contribution in [0.4, 0.5) is 0 Å². The smallest absolute Gasteiger partial charge is 0.270 e.